The molecule has 0 bridgehead atoms. The smallest absolute Gasteiger partial charge is 0.132 e. The van der Waals surface area contributed by atoms with E-state index in [-0.39, 0.29) is 0 Å². The van der Waals surface area contributed by atoms with E-state index < -0.39 is 0 Å². The van der Waals surface area contributed by atoms with E-state index in [9.17, 15) is 0 Å². The van der Waals surface area contributed by atoms with Gasteiger partial charge in [-0.15, -0.1) is 0 Å². The molecule has 3 aromatic rings. The summed E-state index contributed by atoms with van der Waals surface area (Å²) in [5, 5.41) is 0. The molecular weight excluding hydrogens is 300 g/mol. The van der Waals surface area contributed by atoms with Gasteiger partial charge < -0.3 is 0 Å². The van der Waals surface area contributed by atoms with Gasteiger partial charge >= 0.3 is 0 Å². The minimum absolute atomic E-state index is 0.762. The van der Waals surface area contributed by atoms with Gasteiger partial charge in [0.05, 0.1) is 11.9 Å². The van der Waals surface area contributed by atoms with E-state index in [0.29, 0.717) is 0 Å². The van der Waals surface area contributed by atoms with Crippen molar-refractivity contribution in [3.63, 3.8) is 0 Å². The average Bonchev–Trinajstić information content (AvgIpc) is 2.49. The topological polar surface area (TPSA) is 25.8 Å². The van der Waals surface area contributed by atoms with Crippen molar-refractivity contribution in [2.75, 3.05) is 0 Å². The van der Waals surface area contributed by atoms with Gasteiger partial charge in [0.25, 0.3) is 0 Å². The van der Waals surface area contributed by atoms with Gasteiger partial charge in [0, 0.05) is 11.1 Å². The highest BCUT2D eigenvalue weighted by atomic mass is 79.9. The summed E-state index contributed by atoms with van der Waals surface area (Å²) in [5.41, 5.74) is 3.86. The Bertz CT molecular complexity index is 682. The molecule has 0 amide bonds. The van der Waals surface area contributed by atoms with E-state index in [1.165, 1.54) is 0 Å². The summed E-state index contributed by atoms with van der Waals surface area (Å²) >= 11 is 3.47. The van der Waals surface area contributed by atoms with Gasteiger partial charge in [0.1, 0.15) is 10.3 Å². The summed E-state index contributed by atoms with van der Waals surface area (Å²) in [6, 6.07) is 20.1. The van der Waals surface area contributed by atoms with Gasteiger partial charge in [-0.3, -0.25) is 0 Å². The number of hydrogen-bond donors (Lipinski definition) is 0. The van der Waals surface area contributed by atoms with Crippen LogP contribution in [0.1, 0.15) is 0 Å². The molecule has 0 aliphatic heterocycles. The molecule has 3 rings (SSSR count). The van der Waals surface area contributed by atoms with Gasteiger partial charge in [0.2, 0.25) is 0 Å². The van der Waals surface area contributed by atoms with Gasteiger partial charge in [-0.05, 0) is 15.9 Å². The number of halogens is 1. The summed E-state index contributed by atoms with van der Waals surface area (Å²) in [4.78, 5) is 9.09. The van der Waals surface area contributed by atoms with E-state index in [0.717, 1.165) is 27.1 Å². The quantitative estimate of drug-likeness (QED) is 0.692. The fourth-order valence-electron chi connectivity index (χ4n) is 1.90. The highest BCUT2D eigenvalue weighted by Gasteiger charge is 2.08. The lowest BCUT2D eigenvalue weighted by Crippen LogP contribution is -1.92. The van der Waals surface area contributed by atoms with Crippen LogP contribution in [0.2, 0.25) is 0 Å². The van der Waals surface area contributed by atoms with E-state index in [1.807, 2.05) is 60.7 Å². The molecule has 19 heavy (non-hydrogen) atoms. The highest BCUT2D eigenvalue weighted by molar-refractivity contribution is 9.10. The Morgan fingerprint density at radius 2 is 1.32 bits per heavy atom. The second-order valence-corrected chi connectivity index (χ2v) is 4.88. The zero-order valence-electron chi connectivity index (χ0n) is 10.1. The monoisotopic (exact) mass is 310 g/mol. The zero-order valence-corrected chi connectivity index (χ0v) is 11.7. The zero-order chi connectivity index (χ0) is 13.1. The van der Waals surface area contributed by atoms with E-state index >= 15 is 0 Å². The molecule has 0 atom stereocenters. The molecule has 1 aromatic heterocycles. The first-order valence-corrected chi connectivity index (χ1v) is 6.77. The molecule has 0 aliphatic rings. The van der Waals surface area contributed by atoms with Crippen LogP contribution in [0.3, 0.4) is 0 Å². The van der Waals surface area contributed by atoms with Crippen molar-refractivity contribution in [1.82, 2.24) is 9.97 Å². The molecule has 0 spiro atoms. The molecule has 0 saturated heterocycles. The first-order valence-electron chi connectivity index (χ1n) is 5.98. The molecule has 0 unspecified atom stereocenters. The molecular formula is C16H11BrN2. The van der Waals surface area contributed by atoms with Crippen LogP contribution >= 0.6 is 15.9 Å². The van der Waals surface area contributed by atoms with Crippen molar-refractivity contribution in [2.24, 2.45) is 0 Å². The van der Waals surface area contributed by atoms with Crippen molar-refractivity contribution < 1.29 is 0 Å². The summed E-state index contributed by atoms with van der Waals surface area (Å²) < 4.78 is 0.762. The Morgan fingerprint density at radius 1 is 0.737 bits per heavy atom. The predicted molar refractivity (Wildman–Crippen MR) is 80.6 cm³/mol. The molecule has 2 aromatic carbocycles. The Hall–Kier alpha value is -2.00. The van der Waals surface area contributed by atoms with Crippen LogP contribution in [0.4, 0.5) is 0 Å². The number of rotatable bonds is 2. The fraction of sp³-hybridized carbons (Fsp3) is 0. The Labute approximate surface area is 120 Å². The van der Waals surface area contributed by atoms with Crippen LogP contribution in [0.5, 0.6) is 0 Å². The largest absolute Gasteiger partial charge is 0.245 e. The molecule has 92 valence electrons. The first kappa shape index (κ1) is 12.1. The van der Waals surface area contributed by atoms with Crippen LogP contribution in [-0.2, 0) is 0 Å². The van der Waals surface area contributed by atoms with Crippen LogP contribution in [0.15, 0.2) is 71.5 Å². The minimum Gasteiger partial charge on any atom is -0.245 e. The Kier molecular flexibility index (Phi) is 3.38. The summed E-state index contributed by atoms with van der Waals surface area (Å²) in [5.74, 6) is 0. The molecule has 2 nitrogen and oxygen atoms in total. The van der Waals surface area contributed by atoms with E-state index in [2.05, 4.69) is 20.9 Å². The fourth-order valence-corrected chi connectivity index (χ4v) is 2.32. The van der Waals surface area contributed by atoms with Crippen molar-refractivity contribution >= 4 is 15.9 Å². The number of aromatic nitrogens is 2. The van der Waals surface area contributed by atoms with Crippen molar-refractivity contribution in [2.45, 2.75) is 0 Å². The number of nitrogens with zero attached hydrogens (tertiary/aromatic N) is 2. The van der Waals surface area contributed by atoms with Gasteiger partial charge in [0.15, 0.2) is 0 Å². The van der Waals surface area contributed by atoms with Gasteiger partial charge in [-0.2, -0.15) is 0 Å². The number of hydrogen-bond acceptors (Lipinski definition) is 2. The molecule has 1 heterocycles. The molecule has 0 N–H and O–H groups in total. The average molecular weight is 311 g/mol. The molecule has 0 saturated carbocycles. The number of benzene rings is 2. The first-order chi connectivity index (χ1) is 9.34. The normalized spacial score (nSPS) is 10.4. The second-order valence-electron chi connectivity index (χ2n) is 4.13. The maximum absolute atomic E-state index is 4.70. The van der Waals surface area contributed by atoms with Gasteiger partial charge in [-0.25, -0.2) is 9.97 Å². The van der Waals surface area contributed by atoms with Crippen molar-refractivity contribution in [1.29, 1.82) is 0 Å². The van der Waals surface area contributed by atoms with Crippen LogP contribution < -0.4 is 0 Å². The lowest BCUT2D eigenvalue weighted by Gasteiger charge is -2.06. The van der Waals surface area contributed by atoms with Crippen LogP contribution in [-0.4, -0.2) is 9.97 Å². The van der Waals surface area contributed by atoms with Crippen molar-refractivity contribution in [3.05, 3.63) is 71.5 Å². The maximum atomic E-state index is 4.70. The van der Waals surface area contributed by atoms with Crippen LogP contribution in [0.25, 0.3) is 22.5 Å². The minimum atomic E-state index is 0.762. The molecule has 0 aliphatic carbocycles. The summed E-state index contributed by atoms with van der Waals surface area (Å²) in [6.07, 6.45) is 1.78. The Balaban J connectivity index is 2.12. The standard InChI is InChI=1S/C16H11BrN2/c17-16-15(13-9-5-2-6-10-13)19-14(11-18-16)12-7-3-1-4-8-12/h1-11H. The van der Waals surface area contributed by atoms with Gasteiger partial charge in [-0.1, -0.05) is 60.7 Å². The summed E-state index contributed by atoms with van der Waals surface area (Å²) in [7, 11) is 0. The third-order valence-corrected chi connectivity index (χ3v) is 3.42. The SMILES string of the molecule is Brc1ncc(-c2ccccc2)nc1-c1ccccc1. The highest BCUT2D eigenvalue weighted by Crippen LogP contribution is 2.27. The molecule has 0 fully saturated rings. The second kappa shape index (κ2) is 5.33. The Morgan fingerprint density at radius 3 is 1.95 bits per heavy atom. The predicted octanol–water partition coefficient (Wildman–Crippen LogP) is 4.57. The third-order valence-electron chi connectivity index (χ3n) is 2.84. The van der Waals surface area contributed by atoms with E-state index in [4.69, 9.17) is 4.98 Å². The lowest BCUT2D eigenvalue weighted by atomic mass is 10.1. The lowest BCUT2D eigenvalue weighted by molar-refractivity contribution is 1.17. The maximum Gasteiger partial charge on any atom is 0.132 e. The third kappa shape index (κ3) is 2.56. The summed E-state index contributed by atoms with van der Waals surface area (Å²) in [6.45, 7) is 0. The molecule has 3 heteroatoms. The van der Waals surface area contributed by atoms with Crippen molar-refractivity contribution in [3.8, 4) is 22.5 Å². The van der Waals surface area contributed by atoms with E-state index in [1.54, 1.807) is 6.20 Å². The van der Waals surface area contributed by atoms with Crippen LogP contribution in [0, 0.1) is 0 Å². The molecule has 0 radical (unpaired) electrons.